The highest BCUT2D eigenvalue weighted by molar-refractivity contribution is 8.16. The molecular formula is C22H21FN2O2S2. The van der Waals surface area contributed by atoms with E-state index in [1.807, 2.05) is 35.7 Å². The fourth-order valence-electron chi connectivity index (χ4n) is 3.10. The number of thioether (sulfide) groups is 2. The Morgan fingerprint density at radius 2 is 2.00 bits per heavy atom. The fourth-order valence-corrected chi connectivity index (χ4v) is 5.97. The number of aryl methyl sites for hydroxylation is 1. The number of benzene rings is 2. The molecule has 0 unspecified atom stereocenters. The normalized spacial score (nSPS) is 14.7. The van der Waals surface area contributed by atoms with Crippen molar-refractivity contribution < 1.29 is 13.6 Å². The summed E-state index contributed by atoms with van der Waals surface area (Å²) in [4.78, 5) is 16.5. The second-order valence-electron chi connectivity index (χ2n) is 6.70. The number of hydrogen-bond acceptors (Lipinski definition) is 5. The first-order valence-electron chi connectivity index (χ1n) is 9.52. The molecule has 4 nitrogen and oxygen atoms in total. The standard InChI is InChI=1S/C22H21FN2O2S2/c23-18-8-2-1-7-17(18)19-14-24-21(27-19)10-9-20(26)25-16-6-3-5-15(13-16)22-28-11-4-12-29-22/h1-3,5-8,13-14,22H,4,9-12H2,(H,25,26). The van der Waals surface area contributed by atoms with E-state index in [-0.39, 0.29) is 18.1 Å². The van der Waals surface area contributed by atoms with Gasteiger partial charge in [0.1, 0.15) is 5.82 Å². The molecule has 2 heterocycles. The Morgan fingerprint density at radius 3 is 2.83 bits per heavy atom. The molecular weight excluding hydrogens is 407 g/mol. The molecule has 3 aromatic rings. The first-order chi connectivity index (χ1) is 14.2. The molecule has 0 atom stereocenters. The molecule has 150 valence electrons. The fraction of sp³-hybridized carbons (Fsp3) is 0.273. The van der Waals surface area contributed by atoms with Gasteiger partial charge in [-0.1, -0.05) is 24.3 Å². The Morgan fingerprint density at radius 1 is 1.17 bits per heavy atom. The van der Waals surface area contributed by atoms with Crippen molar-refractivity contribution >= 4 is 35.1 Å². The number of anilines is 1. The van der Waals surface area contributed by atoms with Crippen LogP contribution in [-0.4, -0.2) is 22.4 Å². The summed E-state index contributed by atoms with van der Waals surface area (Å²) >= 11 is 3.91. The summed E-state index contributed by atoms with van der Waals surface area (Å²) < 4.78 is 19.9. The van der Waals surface area contributed by atoms with E-state index >= 15 is 0 Å². The van der Waals surface area contributed by atoms with Crippen molar-refractivity contribution in [2.45, 2.75) is 23.8 Å². The lowest BCUT2D eigenvalue weighted by Gasteiger charge is -2.21. The molecule has 1 aromatic heterocycles. The third-order valence-electron chi connectivity index (χ3n) is 4.53. The summed E-state index contributed by atoms with van der Waals surface area (Å²) in [6.45, 7) is 0. The van der Waals surface area contributed by atoms with Crippen molar-refractivity contribution in [3.05, 3.63) is 72.0 Å². The van der Waals surface area contributed by atoms with E-state index in [9.17, 15) is 9.18 Å². The Hall–Kier alpha value is -2.25. The number of carbonyl (C=O) groups is 1. The van der Waals surface area contributed by atoms with Gasteiger partial charge in [0.25, 0.3) is 0 Å². The van der Waals surface area contributed by atoms with Crippen molar-refractivity contribution in [3.63, 3.8) is 0 Å². The van der Waals surface area contributed by atoms with Crippen molar-refractivity contribution in [1.29, 1.82) is 0 Å². The molecule has 1 fully saturated rings. The molecule has 2 aromatic carbocycles. The van der Waals surface area contributed by atoms with E-state index in [0.717, 1.165) is 5.69 Å². The predicted molar refractivity (Wildman–Crippen MR) is 118 cm³/mol. The predicted octanol–water partition coefficient (Wildman–Crippen LogP) is 5.92. The van der Waals surface area contributed by atoms with Crippen LogP contribution in [0.2, 0.25) is 0 Å². The molecule has 4 rings (SSSR count). The molecule has 1 aliphatic rings. The summed E-state index contributed by atoms with van der Waals surface area (Å²) in [6.07, 6.45) is 3.35. The highest BCUT2D eigenvalue weighted by Crippen LogP contribution is 2.44. The van der Waals surface area contributed by atoms with Crippen LogP contribution in [0.3, 0.4) is 0 Å². The second-order valence-corrected chi connectivity index (χ2v) is 9.42. The summed E-state index contributed by atoms with van der Waals surface area (Å²) in [7, 11) is 0. The molecule has 29 heavy (non-hydrogen) atoms. The van der Waals surface area contributed by atoms with Crippen LogP contribution in [0.15, 0.2) is 59.1 Å². The van der Waals surface area contributed by atoms with Gasteiger partial charge in [-0.05, 0) is 47.8 Å². The number of halogens is 1. The molecule has 0 radical (unpaired) electrons. The minimum absolute atomic E-state index is 0.100. The van der Waals surface area contributed by atoms with Crippen LogP contribution in [0.1, 0.15) is 28.9 Å². The SMILES string of the molecule is O=C(CCc1ncc(-c2ccccc2F)o1)Nc1cccc(C2SCCCS2)c1. The Balaban J connectivity index is 1.33. The van der Waals surface area contributed by atoms with E-state index in [1.54, 1.807) is 18.2 Å². The number of nitrogens with one attached hydrogen (secondary N) is 1. The first kappa shape index (κ1) is 20.0. The highest BCUT2D eigenvalue weighted by atomic mass is 32.2. The molecule has 0 bridgehead atoms. The number of aromatic nitrogens is 1. The van der Waals surface area contributed by atoms with Gasteiger partial charge < -0.3 is 9.73 Å². The summed E-state index contributed by atoms with van der Waals surface area (Å²) in [5, 5.41) is 2.95. The van der Waals surface area contributed by atoms with Gasteiger partial charge in [-0.25, -0.2) is 9.37 Å². The van der Waals surface area contributed by atoms with Gasteiger partial charge in [0, 0.05) is 18.5 Å². The zero-order valence-corrected chi connectivity index (χ0v) is 17.4. The van der Waals surface area contributed by atoms with Gasteiger partial charge in [0.05, 0.1) is 16.3 Å². The molecule has 1 aliphatic heterocycles. The molecule has 0 spiro atoms. The highest BCUT2D eigenvalue weighted by Gasteiger charge is 2.17. The Bertz CT molecular complexity index is 986. The molecule has 1 saturated heterocycles. The molecule has 7 heteroatoms. The van der Waals surface area contributed by atoms with Crippen molar-refractivity contribution in [2.24, 2.45) is 0 Å². The first-order valence-corrected chi connectivity index (χ1v) is 11.6. The topological polar surface area (TPSA) is 55.1 Å². The maximum absolute atomic E-state index is 13.9. The lowest BCUT2D eigenvalue weighted by atomic mass is 10.2. The average Bonchev–Trinajstić information content (AvgIpc) is 3.22. The zero-order valence-electron chi connectivity index (χ0n) is 15.8. The van der Waals surface area contributed by atoms with Crippen LogP contribution in [0.5, 0.6) is 0 Å². The second kappa shape index (κ2) is 9.50. The van der Waals surface area contributed by atoms with Gasteiger partial charge in [0.2, 0.25) is 5.91 Å². The van der Waals surface area contributed by atoms with Gasteiger partial charge in [0.15, 0.2) is 11.7 Å². The Kier molecular flexibility index (Phi) is 6.56. The molecule has 0 saturated carbocycles. The van der Waals surface area contributed by atoms with Crippen LogP contribution in [-0.2, 0) is 11.2 Å². The largest absolute Gasteiger partial charge is 0.441 e. The van der Waals surface area contributed by atoms with E-state index in [4.69, 9.17) is 4.42 Å². The molecule has 1 N–H and O–H groups in total. The average molecular weight is 429 g/mol. The van der Waals surface area contributed by atoms with Crippen molar-refractivity contribution in [2.75, 3.05) is 16.8 Å². The van der Waals surface area contributed by atoms with Crippen molar-refractivity contribution in [3.8, 4) is 11.3 Å². The van der Waals surface area contributed by atoms with Crippen LogP contribution < -0.4 is 5.32 Å². The lowest BCUT2D eigenvalue weighted by Crippen LogP contribution is -2.12. The maximum atomic E-state index is 13.9. The third kappa shape index (κ3) is 5.22. The van der Waals surface area contributed by atoms with E-state index in [0.29, 0.717) is 28.2 Å². The number of carbonyl (C=O) groups excluding carboxylic acids is 1. The number of rotatable bonds is 6. The Labute approximate surface area is 177 Å². The third-order valence-corrected chi connectivity index (χ3v) is 7.54. The zero-order chi connectivity index (χ0) is 20.1. The molecule has 0 aliphatic carbocycles. The smallest absolute Gasteiger partial charge is 0.224 e. The minimum atomic E-state index is -0.359. The summed E-state index contributed by atoms with van der Waals surface area (Å²) in [6, 6.07) is 14.4. The van der Waals surface area contributed by atoms with Crippen LogP contribution in [0.4, 0.5) is 10.1 Å². The quantitative estimate of drug-likeness (QED) is 0.528. The van der Waals surface area contributed by atoms with Gasteiger partial charge in [-0.15, -0.1) is 23.5 Å². The van der Waals surface area contributed by atoms with E-state index in [1.165, 1.54) is 35.8 Å². The van der Waals surface area contributed by atoms with Gasteiger partial charge >= 0.3 is 0 Å². The van der Waals surface area contributed by atoms with Crippen LogP contribution in [0, 0.1) is 5.82 Å². The van der Waals surface area contributed by atoms with Crippen LogP contribution >= 0.6 is 23.5 Å². The summed E-state index contributed by atoms with van der Waals surface area (Å²) in [5.74, 6) is 2.69. The minimum Gasteiger partial charge on any atom is -0.441 e. The number of oxazole rings is 1. The van der Waals surface area contributed by atoms with Crippen LogP contribution in [0.25, 0.3) is 11.3 Å². The molecule has 1 amide bonds. The number of amides is 1. The van der Waals surface area contributed by atoms with Crippen molar-refractivity contribution in [1.82, 2.24) is 4.98 Å². The summed E-state index contributed by atoms with van der Waals surface area (Å²) in [5.41, 5.74) is 2.41. The lowest BCUT2D eigenvalue weighted by molar-refractivity contribution is -0.116. The van der Waals surface area contributed by atoms with Gasteiger partial charge in [-0.2, -0.15) is 0 Å². The monoisotopic (exact) mass is 428 g/mol. The van der Waals surface area contributed by atoms with E-state index in [2.05, 4.69) is 22.4 Å². The van der Waals surface area contributed by atoms with Gasteiger partial charge in [-0.3, -0.25) is 4.79 Å². The van der Waals surface area contributed by atoms with E-state index < -0.39 is 0 Å². The number of nitrogens with zero attached hydrogens (tertiary/aromatic N) is 1. The number of hydrogen-bond donors (Lipinski definition) is 1. The maximum Gasteiger partial charge on any atom is 0.224 e.